The highest BCUT2D eigenvalue weighted by molar-refractivity contribution is 8.00. The molecule has 0 unspecified atom stereocenters. The van der Waals surface area contributed by atoms with Gasteiger partial charge in [0.15, 0.2) is 0 Å². The molecule has 2 rings (SSSR count). The predicted molar refractivity (Wildman–Crippen MR) is 93.3 cm³/mol. The van der Waals surface area contributed by atoms with Gasteiger partial charge >= 0.3 is 0 Å². The van der Waals surface area contributed by atoms with E-state index in [1.807, 2.05) is 6.07 Å². The zero-order valence-electron chi connectivity index (χ0n) is 12.8. The Balaban J connectivity index is 1.92. The second-order valence-electron chi connectivity index (χ2n) is 4.93. The summed E-state index contributed by atoms with van der Waals surface area (Å²) in [6.07, 6.45) is 0. The second-order valence-corrected chi connectivity index (χ2v) is 6.39. The van der Waals surface area contributed by atoms with Gasteiger partial charge in [0, 0.05) is 10.6 Å². The van der Waals surface area contributed by atoms with E-state index in [0.717, 1.165) is 4.90 Å². The van der Waals surface area contributed by atoms with E-state index in [1.54, 1.807) is 25.3 Å². The van der Waals surface area contributed by atoms with Crippen molar-refractivity contribution in [1.82, 2.24) is 0 Å². The number of nitrogens with one attached hydrogen (secondary N) is 1. The number of thioether (sulfide) groups is 1. The molecule has 0 bridgehead atoms. The van der Waals surface area contributed by atoms with Crippen molar-refractivity contribution in [2.24, 2.45) is 0 Å². The van der Waals surface area contributed by atoms with Crippen LogP contribution in [-0.4, -0.2) is 18.8 Å². The quantitative estimate of drug-likeness (QED) is 0.805. The molecule has 5 heteroatoms. The van der Waals surface area contributed by atoms with Gasteiger partial charge in [-0.3, -0.25) is 4.79 Å². The van der Waals surface area contributed by atoms with Crippen molar-refractivity contribution in [1.29, 1.82) is 0 Å². The summed E-state index contributed by atoms with van der Waals surface area (Å²) in [5.41, 5.74) is 3.14. The zero-order valence-corrected chi connectivity index (χ0v) is 14.3. The van der Waals surface area contributed by atoms with Crippen molar-refractivity contribution in [3.8, 4) is 5.75 Å². The van der Waals surface area contributed by atoms with Crippen LogP contribution in [0.2, 0.25) is 5.02 Å². The summed E-state index contributed by atoms with van der Waals surface area (Å²) in [5, 5.41) is 3.30. The molecule has 0 aliphatic carbocycles. The summed E-state index contributed by atoms with van der Waals surface area (Å²) in [6, 6.07) is 11.4. The maximum absolute atomic E-state index is 12.0. The van der Waals surface area contributed by atoms with Crippen molar-refractivity contribution < 1.29 is 9.53 Å². The van der Waals surface area contributed by atoms with E-state index in [0.29, 0.717) is 22.2 Å². The molecule has 2 aromatic rings. The Morgan fingerprint density at radius 2 is 1.95 bits per heavy atom. The lowest BCUT2D eigenvalue weighted by Gasteiger charge is -2.08. The van der Waals surface area contributed by atoms with Gasteiger partial charge in [0.05, 0.1) is 17.9 Å². The number of methoxy groups -OCH3 is 1. The van der Waals surface area contributed by atoms with Crippen molar-refractivity contribution in [3.63, 3.8) is 0 Å². The standard InChI is InChI=1S/C17H18ClNO2S/c1-11-4-6-14(8-12(11)2)22-10-17(20)19-13-5-7-16(21-3)15(18)9-13/h4-9H,10H2,1-3H3,(H,19,20). The van der Waals surface area contributed by atoms with E-state index < -0.39 is 0 Å². The first kappa shape index (κ1) is 16.7. The van der Waals surface area contributed by atoms with Gasteiger partial charge in [0.2, 0.25) is 5.91 Å². The average Bonchev–Trinajstić information content (AvgIpc) is 2.49. The van der Waals surface area contributed by atoms with Crippen LogP contribution in [0.3, 0.4) is 0 Å². The maximum Gasteiger partial charge on any atom is 0.234 e. The van der Waals surface area contributed by atoms with Gasteiger partial charge in [-0.25, -0.2) is 0 Å². The number of aryl methyl sites for hydroxylation is 2. The molecule has 0 saturated heterocycles. The second kappa shape index (κ2) is 7.56. The van der Waals surface area contributed by atoms with Crippen LogP contribution < -0.4 is 10.1 Å². The lowest BCUT2D eigenvalue weighted by Crippen LogP contribution is -2.13. The third kappa shape index (κ3) is 4.42. The number of anilines is 1. The summed E-state index contributed by atoms with van der Waals surface area (Å²) < 4.78 is 5.08. The molecule has 116 valence electrons. The Labute approximate surface area is 140 Å². The first-order valence-corrected chi connectivity index (χ1v) is 8.19. The SMILES string of the molecule is COc1ccc(NC(=O)CSc2ccc(C)c(C)c2)cc1Cl. The maximum atomic E-state index is 12.0. The van der Waals surface area contributed by atoms with Gasteiger partial charge in [-0.05, 0) is 55.3 Å². The zero-order chi connectivity index (χ0) is 16.1. The third-order valence-electron chi connectivity index (χ3n) is 3.28. The van der Waals surface area contributed by atoms with Crippen LogP contribution in [0.5, 0.6) is 5.75 Å². The number of ether oxygens (including phenoxy) is 1. The summed E-state index contributed by atoms with van der Waals surface area (Å²) >= 11 is 7.55. The van der Waals surface area contributed by atoms with Gasteiger partial charge in [-0.1, -0.05) is 17.7 Å². The number of benzene rings is 2. The topological polar surface area (TPSA) is 38.3 Å². The van der Waals surface area contributed by atoms with Crippen LogP contribution in [0.4, 0.5) is 5.69 Å². The molecule has 0 aliphatic heterocycles. The normalized spacial score (nSPS) is 10.4. The molecule has 0 aliphatic rings. The summed E-state index contributed by atoms with van der Waals surface area (Å²) in [6.45, 7) is 4.14. The molecule has 1 amide bonds. The molecule has 0 atom stereocenters. The minimum absolute atomic E-state index is 0.0653. The molecule has 0 heterocycles. The Bertz CT molecular complexity index is 688. The van der Waals surface area contributed by atoms with Crippen LogP contribution in [0, 0.1) is 13.8 Å². The van der Waals surface area contributed by atoms with E-state index in [2.05, 4.69) is 31.3 Å². The Kier molecular flexibility index (Phi) is 5.75. The van der Waals surface area contributed by atoms with Crippen molar-refractivity contribution in [2.75, 3.05) is 18.2 Å². The molecule has 0 radical (unpaired) electrons. The first-order chi connectivity index (χ1) is 10.5. The number of hydrogen-bond acceptors (Lipinski definition) is 3. The molecule has 0 spiro atoms. The Hall–Kier alpha value is -1.65. The predicted octanol–water partition coefficient (Wildman–Crippen LogP) is 4.70. The van der Waals surface area contributed by atoms with Crippen LogP contribution in [-0.2, 0) is 4.79 Å². The number of rotatable bonds is 5. The molecule has 22 heavy (non-hydrogen) atoms. The Morgan fingerprint density at radius 3 is 2.59 bits per heavy atom. The molecule has 0 fully saturated rings. The van der Waals surface area contributed by atoms with Gasteiger partial charge in [0.25, 0.3) is 0 Å². The molecule has 2 aromatic carbocycles. The van der Waals surface area contributed by atoms with Gasteiger partial charge in [-0.15, -0.1) is 11.8 Å². The van der Waals surface area contributed by atoms with E-state index in [4.69, 9.17) is 16.3 Å². The Morgan fingerprint density at radius 1 is 1.18 bits per heavy atom. The monoisotopic (exact) mass is 335 g/mol. The fraction of sp³-hybridized carbons (Fsp3) is 0.235. The molecular weight excluding hydrogens is 318 g/mol. The van der Waals surface area contributed by atoms with E-state index in [1.165, 1.54) is 22.9 Å². The summed E-state index contributed by atoms with van der Waals surface area (Å²) in [4.78, 5) is 13.1. The lowest BCUT2D eigenvalue weighted by molar-refractivity contribution is -0.113. The number of halogens is 1. The molecular formula is C17H18ClNO2S. The highest BCUT2D eigenvalue weighted by Gasteiger charge is 2.07. The van der Waals surface area contributed by atoms with E-state index in [9.17, 15) is 4.79 Å². The summed E-state index contributed by atoms with van der Waals surface area (Å²) in [7, 11) is 1.56. The molecule has 1 N–H and O–H groups in total. The highest BCUT2D eigenvalue weighted by Crippen LogP contribution is 2.27. The average molecular weight is 336 g/mol. The molecule has 3 nitrogen and oxygen atoms in total. The summed E-state index contributed by atoms with van der Waals surface area (Å²) in [5.74, 6) is 0.875. The van der Waals surface area contributed by atoms with Crippen molar-refractivity contribution in [2.45, 2.75) is 18.7 Å². The van der Waals surface area contributed by atoms with Gasteiger partial charge in [0.1, 0.15) is 5.75 Å². The minimum atomic E-state index is -0.0653. The number of hydrogen-bond donors (Lipinski definition) is 1. The van der Waals surface area contributed by atoms with E-state index in [-0.39, 0.29) is 5.91 Å². The highest BCUT2D eigenvalue weighted by atomic mass is 35.5. The largest absolute Gasteiger partial charge is 0.495 e. The smallest absolute Gasteiger partial charge is 0.234 e. The minimum Gasteiger partial charge on any atom is -0.495 e. The molecule has 0 aromatic heterocycles. The van der Waals surface area contributed by atoms with Crippen LogP contribution >= 0.6 is 23.4 Å². The lowest BCUT2D eigenvalue weighted by atomic mass is 10.1. The van der Waals surface area contributed by atoms with Crippen LogP contribution in [0.25, 0.3) is 0 Å². The van der Waals surface area contributed by atoms with Crippen molar-refractivity contribution >= 4 is 35.0 Å². The third-order valence-corrected chi connectivity index (χ3v) is 4.57. The first-order valence-electron chi connectivity index (χ1n) is 6.83. The van der Waals surface area contributed by atoms with Gasteiger partial charge in [-0.2, -0.15) is 0 Å². The number of carbonyl (C=O) groups excluding carboxylic acids is 1. The fourth-order valence-electron chi connectivity index (χ4n) is 1.89. The fourth-order valence-corrected chi connectivity index (χ4v) is 2.95. The number of amides is 1. The van der Waals surface area contributed by atoms with Crippen LogP contribution in [0.15, 0.2) is 41.3 Å². The number of carbonyl (C=O) groups is 1. The van der Waals surface area contributed by atoms with Crippen LogP contribution in [0.1, 0.15) is 11.1 Å². The van der Waals surface area contributed by atoms with Crippen molar-refractivity contribution in [3.05, 3.63) is 52.5 Å². The molecule has 0 saturated carbocycles. The van der Waals surface area contributed by atoms with E-state index >= 15 is 0 Å². The van der Waals surface area contributed by atoms with Gasteiger partial charge < -0.3 is 10.1 Å².